The predicted octanol–water partition coefficient (Wildman–Crippen LogP) is 13.3. The fourth-order valence-corrected chi connectivity index (χ4v) is 8.31. The number of unbranched alkanes of at least 4 members (excludes halogenated alkanes) is 26. The summed E-state index contributed by atoms with van der Waals surface area (Å²) in [6.45, 7) is 3.73. The van der Waals surface area contributed by atoms with Crippen molar-refractivity contribution in [2.24, 2.45) is 0 Å². The summed E-state index contributed by atoms with van der Waals surface area (Å²) in [5.41, 5.74) is 0. The minimum absolute atomic E-state index is 0.205. The first-order valence-electron chi connectivity index (χ1n) is 27.7. The van der Waals surface area contributed by atoms with Gasteiger partial charge in [-0.3, -0.25) is 4.79 Å². The Bertz CT molecular complexity index is 1280. The molecule has 1 fully saturated rings. The molecule has 9 nitrogen and oxygen atoms in total. The van der Waals surface area contributed by atoms with Crippen LogP contribution in [0.15, 0.2) is 72.9 Å². The maximum absolute atomic E-state index is 13.0. The quantitative estimate of drug-likeness (QED) is 0.0261. The Morgan fingerprint density at radius 1 is 0.507 bits per heavy atom. The zero-order valence-corrected chi connectivity index (χ0v) is 42.9. The largest absolute Gasteiger partial charge is 0.394 e. The number of allylic oxidation sites excluding steroid dienone is 11. The van der Waals surface area contributed by atoms with E-state index in [2.05, 4.69) is 79.9 Å². The van der Waals surface area contributed by atoms with E-state index < -0.39 is 49.5 Å². The van der Waals surface area contributed by atoms with E-state index in [1.54, 1.807) is 6.08 Å². The number of carbonyl (C=O) groups is 1. The molecule has 1 amide bonds. The summed E-state index contributed by atoms with van der Waals surface area (Å²) in [5, 5.41) is 54.4. The van der Waals surface area contributed by atoms with Crippen molar-refractivity contribution in [3.8, 4) is 0 Å². The summed E-state index contributed by atoms with van der Waals surface area (Å²) >= 11 is 0. The van der Waals surface area contributed by atoms with Crippen molar-refractivity contribution < 1.29 is 39.8 Å². The smallest absolute Gasteiger partial charge is 0.220 e. The Hall–Kier alpha value is -2.37. The van der Waals surface area contributed by atoms with Gasteiger partial charge in [0.25, 0.3) is 0 Å². The van der Waals surface area contributed by atoms with Crippen LogP contribution in [0.3, 0.4) is 0 Å². The monoisotopic (exact) mass is 942 g/mol. The van der Waals surface area contributed by atoms with Gasteiger partial charge in [-0.25, -0.2) is 0 Å². The van der Waals surface area contributed by atoms with Crippen LogP contribution in [0.5, 0.6) is 0 Å². The number of hydrogen-bond acceptors (Lipinski definition) is 8. The van der Waals surface area contributed by atoms with Gasteiger partial charge in [0, 0.05) is 6.42 Å². The SMILES string of the molecule is CCCCC/C=C\C/C=C\C/C=C\CCCCCCCCC(=O)NC(COC1OC(CO)C(O)C(O)C1O)C(O)/C=C/CC/C=C/CC/C=C/CCCCCCCCCCCCCCCCC. The lowest BCUT2D eigenvalue weighted by Gasteiger charge is -2.40. The van der Waals surface area contributed by atoms with Crippen LogP contribution in [0.2, 0.25) is 0 Å². The molecular weight excluding hydrogens is 839 g/mol. The highest BCUT2D eigenvalue weighted by Gasteiger charge is 2.44. The third-order valence-corrected chi connectivity index (χ3v) is 12.7. The molecule has 0 aliphatic carbocycles. The van der Waals surface area contributed by atoms with Gasteiger partial charge in [0.15, 0.2) is 6.29 Å². The van der Waals surface area contributed by atoms with Crippen LogP contribution in [0.4, 0.5) is 0 Å². The summed E-state index contributed by atoms with van der Waals surface area (Å²) in [5.74, 6) is -0.205. The van der Waals surface area contributed by atoms with Gasteiger partial charge in [0.05, 0.1) is 25.4 Å². The average Bonchev–Trinajstić information content (AvgIpc) is 3.33. The molecule has 388 valence electrons. The lowest BCUT2D eigenvalue weighted by Crippen LogP contribution is -2.60. The second kappa shape index (κ2) is 47.3. The highest BCUT2D eigenvalue weighted by atomic mass is 16.7. The number of amides is 1. The van der Waals surface area contributed by atoms with Crippen LogP contribution in [0.1, 0.15) is 232 Å². The molecule has 7 atom stereocenters. The van der Waals surface area contributed by atoms with E-state index >= 15 is 0 Å². The van der Waals surface area contributed by atoms with Crippen molar-refractivity contribution in [1.29, 1.82) is 0 Å². The van der Waals surface area contributed by atoms with Crippen molar-refractivity contribution in [3.63, 3.8) is 0 Å². The lowest BCUT2D eigenvalue weighted by molar-refractivity contribution is -0.302. The van der Waals surface area contributed by atoms with E-state index in [0.717, 1.165) is 83.5 Å². The van der Waals surface area contributed by atoms with Crippen molar-refractivity contribution in [1.82, 2.24) is 5.32 Å². The minimum atomic E-state index is -1.58. The fraction of sp³-hybridized carbons (Fsp3) is 0.776. The van der Waals surface area contributed by atoms with Crippen LogP contribution >= 0.6 is 0 Å². The molecule has 0 aromatic carbocycles. The van der Waals surface area contributed by atoms with Gasteiger partial charge in [-0.15, -0.1) is 0 Å². The molecule has 0 spiro atoms. The first-order valence-corrected chi connectivity index (χ1v) is 27.7. The molecule has 1 aliphatic rings. The Morgan fingerprint density at radius 3 is 1.39 bits per heavy atom. The van der Waals surface area contributed by atoms with E-state index in [1.807, 2.05) is 6.08 Å². The standard InChI is InChI=1S/C58H103NO8/c1-3-5-7-9-11-13-15-17-19-21-23-24-25-26-27-28-30-31-33-35-37-39-41-43-45-47-52(61)51(50-66-58-57(65)56(64)55(63)53(49-60)67-58)59-54(62)48-46-44-42-40-38-36-34-32-29-22-20-18-16-14-12-10-8-6-4-2/h12,14,18,20,29-32,37,39,45,47,51-53,55-58,60-61,63-65H,3-11,13,15-17,19,21-28,33-36,38,40-44,46,48-50H2,1-2H3,(H,59,62)/b14-12-,20-18-,31-30+,32-29-,39-37+,47-45+. The van der Waals surface area contributed by atoms with E-state index in [4.69, 9.17) is 9.47 Å². The lowest BCUT2D eigenvalue weighted by atomic mass is 9.99. The molecule has 7 unspecified atom stereocenters. The normalized spacial score (nSPS) is 20.3. The third kappa shape index (κ3) is 37.2. The molecule has 1 heterocycles. The molecule has 6 N–H and O–H groups in total. The molecule has 9 heteroatoms. The second-order valence-electron chi connectivity index (χ2n) is 19.0. The molecule has 1 aliphatic heterocycles. The van der Waals surface area contributed by atoms with Gasteiger partial charge >= 0.3 is 0 Å². The Morgan fingerprint density at radius 2 is 0.896 bits per heavy atom. The number of rotatable bonds is 46. The molecule has 1 saturated heterocycles. The predicted molar refractivity (Wildman–Crippen MR) is 281 cm³/mol. The van der Waals surface area contributed by atoms with Gasteiger partial charge in [0.2, 0.25) is 5.91 Å². The highest BCUT2D eigenvalue weighted by Crippen LogP contribution is 2.23. The Kier molecular flexibility index (Phi) is 44.2. The van der Waals surface area contributed by atoms with Crippen molar-refractivity contribution in [3.05, 3.63) is 72.9 Å². The third-order valence-electron chi connectivity index (χ3n) is 12.7. The van der Waals surface area contributed by atoms with Crippen molar-refractivity contribution >= 4 is 5.91 Å². The number of nitrogens with one attached hydrogen (secondary N) is 1. The van der Waals surface area contributed by atoms with E-state index in [-0.39, 0.29) is 12.5 Å². The van der Waals surface area contributed by atoms with Crippen LogP contribution in [-0.4, -0.2) is 87.5 Å². The molecule has 0 saturated carbocycles. The second-order valence-corrected chi connectivity index (χ2v) is 19.0. The fourth-order valence-electron chi connectivity index (χ4n) is 8.31. The molecule has 67 heavy (non-hydrogen) atoms. The van der Waals surface area contributed by atoms with Crippen LogP contribution in [0, 0.1) is 0 Å². The number of ether oxygens (including phenoxy) is 2. The number of carbonyl (C=O) groups excluding carboxylic acids is 1. The molecule has 0 bridgehead atoms. The topological polar surface area (TPSA) is 149 Å². The van der Waals surface area contributed by atoms with Gasteiger partial charge in [-0.1, -0.05) is 215 Å². The number of hydrogen-bond donors (Lipinski definition) is 6. The van der Waals surface area contributed by atoms with Crippen LogP contribution in [0.25, 0.3) is 0 Å². The molecule has 1 rings (SSSR count). The van der Waals surface area contributed by atoms with E-state index in [0.29, 0.717) is 6.42 Å². The Labute approximate surface area is 410 Å². The van der Waals surface area contributed by atoms with Gasteiger partial charge in [-0.05, 0) is 83.5 Å². The number of aliphatic hydroxyl groups is 5. The van der Waals surface area contributed by atoms with Crippen LogP contribution in [-0.2, 0) is 14.3 Å². The van der Waals surface area contributed by atoms with Crippen LogP contribution < -0.4 is 5.32 Å². The summed E-state index contributed by atoms with van der Waals surface area (Å²) in [6, 6.07) is -0.839. The van der Waals surface area contributed by atoms with Gasteiger partial charge < -0.3 is 40.3 Å². The number of aliphatic hydroxyl groups excluding tert-OH is 5. The molecule has 0 radical (unpaired) electrons. The average molecular weight is 942 g/mol. The minimum Gasteiger partial charge on any atom is -0.394 e. The highest BCUT2D eigenvalue weighted by molar-refractivity contribution is 5.76. The zero-order chi connectivity index (χ0) is 48.7. The summed E-state index contributed by atoms with van der Waals surface area (Å²) in [6.07, 6.45) is 58.2. The first kappa shape index (κ1) is 62.6. The van der Waals surface area contributed by atoms with Crippen molar-refractivity contribution in [2.45, 2.75) is 275 Å². The molecular formula is C58H103NO8. The first-order chi connectivity index (χ1) is 32.8. The molecule has 0 aromatic rings. The van der Waals surface area contributed by atoms with Crippen molar-refractivity contribution in [2.75, 3.05) is 13.2 Å². The summed E-state index contributed by atoms with van der Waals surface area (Å²) < 4.78 is 11.2. The maximum Gasteiger partial charge on any atom is 0.220 e. The zero-order valence-electron chi connectivity index (χ0n) is 42.9. The Balaban J connectivity index is 2.31. The summed E-state index contributed by atoms with van der Waals surface area (Å²) in [4.78, 5) is 13.0. The van der Waals surface area contributed by atoms with E-state index in [9.17, 15) is 30.3 Å². The van der Waals surface area contributed by atoms with Gasteiger partial charge in [-0.2, -0.15) is 0 Å². The maximum atomic E-state index is 13.0. The summed E-state index contributed by atoms with van der Waals surface area (Å²) in [7, 11) is 0. The van der Waals surface area contributed by atoms with E-state index in [1.165, 1.54) is 128 Å². The van der Waals surface area contributed by atoms with Gasteiger partial charge in [0.1, 0.15) is 24.4 Å². The molecule has 0 aromatic heterocycles.